The molecule has 0 saturated carbocycles. The smallest absolute Gasteiger partial charge is 0.412 e. The average Bonchev–Trinajstić information content (AvgIpc) is 3.17. The fourth-order valence-corrected chi connectivity index (χ4v) is 2.76. The highest BCUT2D eigenvalue weighted by Crippen LogP contribution is 2.31. The Morgan fingerprint density at radius 3 is 2.82 bits per heavy atom. The van der Waals surface area contributed by atoms with Gasteiger partial charge in [-0.15, -0.1) is 11.3 Å². The molecule has 112 valence electrons. The van der Waals surface area contributed by atoms with Crippen LogP contribution >= 0.6 is 11.3 Å². The number of carbonyl (C=O) groups is 1. The monoisotopic (exact) mass is 313 g/mol. The lowest BCUT2D eigenvalue weighted by atomic mass is 10.2. The summed E-state index contributed by atoms with van der Waals surface area (Å²) in [5.41, 5.74) is 3.12. The quantitative estimate of drug-likeness (QED) is 0.758. The molecule has 0 radical (unpaired) electrons. The van der Waals surface area contributed by atoms with Crippen molar-refractivity contribution in [3.63, 3.8) is 0 Å². The number of thiophene rings is 1. The maximum Gasteiger partial charge on any atom is 0.412 e. The normalized spacial score (nSPS) is 10.4. The van der Waals surface area contributed by atoms with Crippen LogP contribution in [-0.2, 0) is 11.3 Å². The topological polar surface area (TPSA) is 67.0 Å². The first kappa shape index (κ1) is 14.3. The lowest BCUT2D eigenvalue weighted by Crippen LogP contribution is -2.14. The van der Waals surface area contributed by atoms with E-state index >= 15 is 0 Å². The standard InChI is InChI=1S/C16H15N3O2S/c1-11-14(15(19-18-11)13-8-5-9-22-13)17-16(20)21-10-12-6-3-2-4-7-12/h2-9H,10H2,1H3,(H,17,20)(H,18,19). The molecule has 0 aliphatic rings. The van der Waals surface area contributed by atoms with Crippen molar-refractivity contribution in [1.82, 2.24) is 10.2 Å². The Kier molecular flexibility index (Phi) is 4.20. The zero-order valence-corrected chi connectivity index (χ0v) is 12.8. The van der Waals surface area contributed by atoms with Crippen LogP contribution in [0.3, 0.4) is 0 Å². The van der Waals surface area contributed by atoms with E-state index < -0.39 is 6.09 Å². The van der Waals surface area contributed by atoms with Crippen molar-refractivity contribution < 1.29 is 9.53 Å². The van der Waals surface area contributed by atoms with Crippen LogP contribution in [0.25, 0.3) is 10.6 Å². The second-order valence-electron chi connectivity index (χ2n) is 4.74. The zero-order chi connectivity index (χ0) is 15.4. The van der Waals surface area contributed by atoms with Gasteiger partial charge in [0.15, 0.2) is 0 Å². The Balaban J connectivity index is 1.68. The molecular formula is C16H15N3O2S. The molecule has 0 bridgehead atoms. The fourth-order valence-electron chi connectivity index (χ4n) is 2.03. The zero-order valence-electron chi connectivity index (χ0n) is 12.0. The fraction of sp³-hybridized carbons (Fsp3) is 0.125. The van der Waals surface area contributed by atoms with Crippen LogP contribution in [0.2, 0.25) is 0 Å². The number of amides is 1. The number of anilines is 1. The number of hydrogen-bond acceptors (Lipinski definition) is 4. The molecule has 0 spiro atoms. The molecule has 0 atom stereocenters. The van der Waals surface area contributed by atoms with Gasteiger partial charge in [0, 0.05) is 0 Å². The molecule has 22 heavy (non-hydrogen) atoms. The Bertz CT molecular complexity index is 751. The number of rotatable bonds is 4. The van der Waals surface area contributed by atoms with Crippen molar-refractivity contribution >= 4 is 23.1 Å². The average molecular weight is 313 g/mol. The third-order valence-corrected chi connectivity index (χ3v) is 4.02. The Morgan fingerprint density at radius 2 is 2.09 bits per heavy atom. The number of benzene rings is 1. The second-order valence-corrected chi connectivity index (χ2v) is 5.68. The van der Waals surface area contributed by atoms with E-state index in [4.69, 9.17) is 4.74 Å². The van der Waals surface area contributed by atoms with Gasteiger partial charge >= 0.3 is 6.09 Å². The van der Waals surface area contributed by atoms with Gasteiger partial charge in [-0.3, -0.25) is 10.4 Å². The van der Waals surface area contributed by atoms with Crippen LogP contribution < -0.4 is 5.32 Å². The molecule has 2 N–H and O–H groups in total. The molecule has 0 fully saturated rings. The van der Waals surface area contributed by atoms with E-state index in [-0.39, 0.29) is 6.61 Å². The molecule has 0 aliphatic carbocycles. The maximum atomic E-state index is 12.0. The summed E-state index contributed by atoms with van der Waals surface area (Å²) in [4.78, 5) is 13.0. The molecule has 5 nitrogen and oxygen atoms in total. The van der Waals surface area contributed by atoms with Gasteiger partial charge in [0.05, 0.1) is 16.3 Å². The van der Waals surface area contributed by atoms with Crippen LogP contribution in [0.5, 0.6) is 0 Å². The van der Waals surface area contributed by atoms with E-state index in [2.05, 4.69) is 15.5 Å². The Labute approximate surface area is 132 Å². The van der Waals surface area contributed by atoms with E-state index in [9.17, 15) is 4.79 Å². The van der Waals surface area contributed by atoms with E-state index in [0.29, 0.717) is 5.69 Å². The minimum Gasteiger partial charge on any atom is -0.444 e. The predicted octanol–water partition coefficient (Wildman–Crippen LogP) is 4.20. The molecule has 3 aromatic rings. The lowest BCUT2D eigenvalue weighted by Gasteiger charge is -2.07. The molecular weight excluding hydrogens is 298 g/mol. The highest BCUT2D eigenvalue weighted by molar-refractivity contribution is 7.13. The minimum atomic E-state index is -0.494. The van der Waals surface area contributed by atoms with Crippen molar-refractivity contribution in [2.24, 2.45) is 0 Å². The van der Waals surface area contributed by atoms with Crippen LogP contribution in [0.4, 0.5) is 10.5 Å². The van der Waals surface area contributed by atoms with Gasteiger partial charge in [0.1, 0.15) is 12.3 Å². The van der Waals surface area contributed by atoms with E-state index in [0.717, 1.165) is 21.8 Å². The van der Waals surface area contributed by atoms with E-state index in [1.807, 2.05) is 54.8 Å². The summed E-state index contributed by atoms with van der Waals surface area (Å²) in [7, 11) is 0. The van der Waals surface area contributed by atoms with Crippen molar-refractivity contribution in [2.75, 3.05) is 5.32 Å². The number of nitrogens with one attached hydrogen (secondary N) is 2. The van der Waals surface area contributed by atoms with E-state index in [1.165, 1.54) is 0 Å². The third-order valence-electron chi connectivity index (χ3n) is 3.14. The van der Waals surface area contributed by atoms with Crippen molar-refractivity contribution in [3.05, 3.63) is 59.1 Å². The summed E-state index contributed by atoms with van der Waals surface area (Å²) in [5.74, 6) is 0. The first-order valence-electron chi connectivity index (χ1n) is 6.80. The minimum absolute atomic E-state index is 0.234. The lowest BCUT2D eigenvalue weighted by molar-refractivity contribution is 0.155. The first-order chi connectivity index (χ1) is 10.7. The second kappa shape index (κ2) is 6.44. The van der Waals surface area contributed by atoms with Crippen LogP contribution in [0.15, 0.2) is 47.8 Å². The highest BCUT2D eigenvalue weighted by atomic mass is 32.1. The van der Waals surface area contributed by atoms with Crippen molar-refractivity contribution in [3.8, 4) is 10.6 Å². The summed E-state index contributed by atoms with van der Waals surface area (Å²) >= 11 is 1.57. The number of H-pyrrole nitrogens is 1. The third kappa shape index (κ3) is 3.17. The van der Waals surface area contributed by atoms with Crippen molar-refractivity contribution in [2.45, 2.75) is 13.5 Å². The Hall–Kier alpha value is -2.60. The molecule has 0 unspecified atom stereocenters. The van der Waals surface area contributed by atoms with Gasteiger partial charge < -0.3 is 4.74 Å². The summed E-state index contributed by atoms with van der Waals surface area (Å²) in [6.45, 7) is 2.09. The highest BCUT2D eigenvalue weighted by Gasteiger charge is 2.16. The molecule has 6 heteroatoms. The summed E-state index contributed by atoms with van der Waals surface area (Å²) in [6.07, 6.45) is -0.494. The number of nitrogens with zero attached hydrogens (tertiary/aromatic N) is 1. The molecule has 2 aromatic heterocycles. The van der Waals surface area contributed by atoms with Gasteiger partial charge in [-0.2, -0.15) is 5.10 Å². The van der Waals surface area contributed by atoms with Crippen LogP contribution in [0, 0.1) is 6.92 Å². The number of aromatic nitrogens is 2. The largest absolute Gasteiger partial charge is 0.444 e. The molecule has 1 amide bonds. The van der Waals surface area contributed by atoms with Gasteiger partial charge in [0.2, 0.25) is 0 Å². The van der Waals surface area contributed by atoms with Gasteiger partial charge in [-0.25, -0.2) is 4.79 Å². The summed E-state index contributed by atoms with van der Waals surface area (Å²) in [6, 6.07) is 13.5. The summed E-state index contributed by atoms with van der Waals surface area (Å²) < 4.78 is 5.24. The molecule has 0 aliphatic heterocycles. The molecule has 0 saturated heterocycles. The number of aromatic amines is 1. The van der Waals surface area contributed by atoms with Gasteiger partial charge in [-0.05, 0) is 23.9 Å². The SMILES string of the molecule is Cc1[nH]nc(-c2cccs2)c1NC(=O)OCc1ccccc1. The maximum absolute atomic E-state index is 12.0. The number of hydrogen-bond donors (Lipinski definition) is 2. The molecule has 2 heterocycles. The molecule has 3 rings (SSSR count). The van der Waals surface area contributed by atoms with Crippen LogP contribution in [-0.4, -0.2) is 16.3 Å². The predicted molar refractivity (Wildman–Crippen MR) is 86.9 cm³/mol. The number of carbonyl (C=O) groups excluding carboxylic acids is 1. The molecule has 1 aromatic carbocycles. The summed E-state index contributed by atoms with van der Waals surface area (Å²) in [5, 5.41) is 11.9. The number of ether oxygens (including phenoxy) is 1. The first-order valence-corrected chi connectivity index (χ1v) is 7.68. The van der Waals surface area contributed by atoms with Crippen LogP contribution in [0.1, 0.15) is 11.3 Å². The van der Waals surface area contributed by atoms with Crippen molar-refractivity contribution in [1.29, 1.82) is 0 Å². The van der Waals surface area contributed by atoms with E-state index in [1.54, 1.807) is 11.3 Å². The Morgan fingerprint density at radius 1 is 1.27 bits per heavy atom. The van der Waals surface area contributed by atoms with Gasteiger partial charge in [0.25, 0.3) is 0 Å². The number of aryl methyl sites for hydroxylation is 1. The van der Waals surface area contributed by atoms with Gasteiger partial charge in [-0.1, -0.05) is 36.4 Å².